The molecular formula is C46H72N10O13. The smallest absolute Gasteiger partial charge is 0.360 e. The Morgan fingerprint density at radius 3 is 1.38 bits per heavy atom. The van der Waals surface area contributed by atoms with Crippen LogP contribution in [0.15, 0.2) is 33.9 Å². The minimum atomic E-state index is -1.71. The van der Waals surface area contributed by atoms with Crippen molar-refractivity contribution in [2.75, 3.05) is 106 Å². The number of nitrogens with zero attached hydrogens (tertiary/aromatic N) is 8. The van der Waals surface area contributed by atoms with E-state index in [0.717, 1.165) is 66.1 Å². The lowest BCUT2D eigenvalue weighted by Crippen LogP contribution is -2.47. The summed E-state index contributed by atoms with van der Waals surface area (Å²) in [6, 6.07) is 6.74. The first-order valence-corrected chi connectivity index (χ1v) is 23.0. The molecule has 6 rings (SSSR count). The fourth-order valence-electron chi connectivity index (χ4n) is 7.70. The van der Waals surface area contributed by atoms with Gasteiger partial charge in [0.25, 0.3) is 17.0 Å². The third kappa shape index (κ3) is 15.3. The second-order valence-electron chi connectivity index (χ2n) is 17.9. The molecule has 12 N–H and O–H groups in total. The molecule has 0 spiro atoms. The number of aryl methyl sites for hydroxylation is 4. The van der Waals surface area contributed by atoms with Crippen molar-refractivity contribution in [1.82, 2.24) is 44.0 Å². The summed E-state index contributed by atoms with van der Waals surface area (Å²) in [7, 11) is 4.24. The highest BCUT2D eigenvalue weighted by Crippen LogP contribution is 2.20. The normalized spacial score (nSPS) is 17.8. The molecule has 23 nitrogen and oxygen atoms in total. The Labute approximate surface area is 400 Å². The van der Waals surface area contributed by atoms with E-state index in [-0.39, 0.29) is 17.8 Å². The van der Waals surface area contributed by atoms with Crippen molar-refractivity contribution in [1.29, 1.82) is 0 Å². The van der Waals surface area contributed by atoms with E-state index in [2.05, 4.69) is 49.0 Å². The summed E-state index contributed by atoms with van der Waals surface area (Å²) >= 11 is 0. The van der Waals surface area contributed by atoms with E-state index < -0.39 is 85.1 Å². The molecule has 2 aliphatic heterocycles. The molecule has 0 aliphatic carbocycles. The van der Waals surface area contributed by atoms with E-state index >= 15 is 0 Å². The molecule has 0 saturated carbocycles. The molecule has 2 saturated heterocycles. The number of carboxylic acids is 1. The van der Waals surface area contributed by atoms with Crippen LogP contribution in [0, 0.1) is 27.7 Å². The van der Waals surface area contributed by atoms with E-state index in [4.69, 9.17) is 15.9 Å². The molecule has 2 aromatic carbocycles. The highest BCUT2D eigenvalue weighted by molar-refractivity contribution is 5.94. The van der Waals surface area contributed by atoms with Crippen LogP contribution in [0.25, 0.3) is 22.1 Å². The van der Waals surface area contributed by atoms with E-state index in [1.54, 1.807) is 31.2 Å². The predicted octanol–water partition coefficient (Wildman–Crippen LogP) is -3.96. The van der Waals surface area contributed by atoms with Gasteiger partial charge in [0.1, 0.15) is 36.6 Å². The van der Waals surface area contributed by atoms with Gasteiger partial charge in [0.15, 0.2) is 5.69 Å². The van der Waals surface area contributed by atoms with Crippen LogP contribution in [-0.4, -0.2) is 239 Å². The Morgan fingerprint density at radius 1 is 0.609 bits per heavy atom. The molecule has 2 aliphatic rings. The second kappa shape index (κ2) is 26.4. The number of rotatable bonds is 17. The maximum atomic E-state index is 13.2. The van der Waals surface area contributed by atoms with Gasteiger partial charge in [-0.2, -0.15) is 0 Å². The van der Waals surface area contributed by atoms with Crippen molar-refractivity contribution in [3.63, 3.8) is 0 Å². The molecule has 23 heteroatoms. The number of fused-ring (bicyclic) bond motifs is 2. The molecule has 69 heavy (non-hydrogen) atoms. The Balaban J connectivity index is 0.000000258. The Kier molecular flexibility index (Phi) is 21.7. The first kappa shape index (κ1) is 56.7. The van der Waals surface area contributed by atoms with Gasteiger partial charge in [-0.15, -0.1) is 0 Å². The number of hydrogen-bond acceptors (Lipinski definition) is 19. The quantitative estimate of drug-likeness (QED) is 0.0481. The third-order valence-electron chi connectivity index (χ3n) is 12.6. The fourth-order valence-corrected chi connectivity index (χ4v) is 7.70. The molecule has 2 aromatic heterocycles. The van der Waals surface area contributed by atoms with Gasteiger partial charge in [-0.25, -0.2) is 14.8 Å². The maximum Gasteiger partial charge on any atom is 0.360 e. The average Bonchev–Trinajstić information content (AvgIpc) is 3.32. The second-order valence-corrected chi connectivity index (χ2v) is 17.9. The topological polar surface area (TPSA) is 337 Å². The van der Waals surface area contributed by atoms with E-state index in [1.807, 2.05) is 20.8 Å². The van der Waals surface area contributed by atoms with E-state index in [1.165, 1.54) is 30.7 Å². The van der Waals surface area contributed by atoms with Gasteiger partial charge in [0, 0.05) is 78.5 Å². The number of aromatic nitrogens is 4. The number of carbonyl (C=O) groups is 2. The summed E-state index contributed by atoms with van der Waals surface area (Å²) in [6.45, 7) is 16.4. The fraction of sp³-hybridized carbons (Fsp3) is 0.609. The van der Waals surface area contributed by atoms with Crippen LogP contribution in [0.1, 0.15) is 43.2 Å². The molecule has 1 amide bonds. The molecule has 0 bridgehead atoms. The molecule has 0 unspecified atom stereocenters. The maximum absolute atomic E-state index is 13.2. The van der Waals surface area contributed by atoms with Crippen LogP contribution in [0.3, 0.4) is 0 Å². The molecule has 0 radical (unpaired) electrons. The zero-order chi connectivity index (χ0) is 51.3. The largest absolute Gasteiger partial charge is 0.476 e. The van der Waals surface area contributed by atoms with Crippen molar-refractivity contribution in [3.8, 4) is 0 Å². The molecular weight excluding hydrogens is 901 g/mol. The van der Waals surface area contributed by atoms with Gasteiger partial charge < -0.3 is 75.9 Å². The summed E-state index contributed by atoms with van der Waals surface area (Å²) in [5.74, 6) is -2.12. The number of aliphatic hydroxyl groups excluding tert-OH is 8. The Hall–Kier alpha value is -4.86. The summed E-state index contributed by atoms with van der Waals surface area (Å²) in [6.07, 6.45) is -9.71. The lowest BCUT2D eigenvalue weighted by atomic mass is 10.1. The third-order valence-corrected chi connectivity index (χ3v) is 12.6. The van der Waals surface area contributed by atoms with E-state index in [0.29, 0.717) is 29.6 Å². The highest BCUT2D eigenvalue weighted by Gasteiger charge is 2.29. The highest BCUT2D eigenvalue weighted by atomic mass is 16.4. The number of carboxylic acid groups (broad SMARTS) is 1. The van der Waals surface area contributed by atoms with Crippen LogP contribution in [0.2, 0.25) is 0 Å². The van der Waals surface area contributed by atoms with Crippen molar-refractivity contribution >= 4 is 33.9 Å². The van der Waals surface area contributed by atoms with Gasteiger partial charge in [-0.3, -0.25) is 24.2 Å². The summed E-state index contributed by atoms with van der Waals surface area (Å²) in [5, 5.41) is 89.3. The average molecular weight is 973 g/mol. The molecule has 384 valence electrons. The number of nitrogens with one attached hydrogen (secondary N) is 1. The van der Waals surface area contributed by atoms with Crippen molar-refractivity contribution in [2.24, 2.45) is 5.73 Å². The molecule has 4 heterocycles. The monoisotopic (exact) mass is 973 g/mol. The number of nitrogens with two attached hydrogens (primary N) is 1. The minimum absolute atomic E-state index is 0.254. The molecule has 4 aromatic rings. The number of piperazine rings is 2. The summed E-state index contributed by atoms with van der Waals surface area (Å²) in [4.78, 5) is 67.3. The predicted molar refractivity (Wildman–Crippen MR) is 257 cm³/mol. The molecule has 6 atom stereocenters. The Morgan fingerprint density at radius 2 is 0.986 bits per heavy atom. The van der Waals surface area contributed by atoms with Crippen molar-refractivity contribution in [2.45, 2.75) is 77.4 Å². The number of likely N-dealkylation sites (N-methyl/N-ethyl adjacent to an activating group) is 2. The summed E-state index contributed by atoms with van der Waals surface area (Å²) in [5.41, 5.74) is 7.60. The van der Waals surface area contributed by atoms with Crippen molar-refractivity contribution < 1.29 is 55.5 Å². The molecule has 2 fully saturated rings. The SMILES string of the molecule is CN1CCN(CCN)CC1.Cc1cc2nc(C(=O)NCCN3CCN(C)CC3)c(=O)n(C[C@H](O)[C@H](O)[C@H](O)CO)c2cc1C.Cc1cc2nc(C(=O)O)c(=O)n(C[C@H](O)[C@H](O)[C@H](O)CO)c2cc1C. The summed E-state index contributed by atoms with van der Waals surface area (Å²) < 4.78 is 2.18. The Bertz CT molecular complexity index is 2460. The first-order valence-electron chi connectivity index (χ1n) is 23.0. The number of benzene rings is 2. The van der Waals surface area contributed by atoms with Crippen LogP contribution in [0.5, 0.6) is 0 Å². The van der Waals surface area contributed by atoms with Crippen LogP contribution < -0.4 is 22.2 Å². The number of amides is 1. The van der Waals surface area contributed by atoms with Gasteiger partial charge in [-0.1, -0.05) is 0 Å². The lowest BCUT2D eigenvalue weighted by molar-refractivity contribution is -0.0805. The van der Waals surface area contributed by atoms with Gasteiger partial charge in [0.05, 0.1) is 48.4 Å². The standard InChI is InChI=1S/C23H35N5O6.C16H20N2O7.C7H17N3/c1-14-10-16-17(11-15(14)2)28(12-18(30)21(32)19(31)13-29)23(34)20(25-16)22(33)24-4-5-27-8-6-26(3)7-9-27;1-7-3-9-10(4-8(7)2)18(15(23)13(17-9)16(24)25)5-11(20)14(22)12(21)6-19;1-9-4-6-10(3-2-8)7-5-9/h10-11,18-19,21,29-32H,4-9,12-13H2,1-3H3,(H,24,33);3-4,11-12,14,19-22H,5-6H2,1-2H3,(H,24,25);2-8H2,1H3/t18-,19+,21-;11-,12+,14-;/m00./s1. The number of carbonyl (C=O) groups excluding carboxylic acids is 1. The van der Waals surface area contributed by atoms with Gasteiger partial charge >= 0.3 is 5.97 Å². The van der Waals surface area contributed by atoms with Gasteiger partial charge in [0.2, 0.25) is 5.69 Å². The zero-order valence-corrected chi connectivity index (χ0v) is 40.4. The van der Waals surface area contributed by atoms with E-state index in [9.17, 15) is 54.9 Å². The van der Waals surface area contributed by atoms with Crippen LogP contribution >= 0.6 is 0 Å². The van der Waals surface area contributed by atoms with Crippen molar-refractivity contribution in [3.05, 3.63) is 78.6 Å². The minimum Gasteiger partial charge on any atom is -0.476 e. The number of aromatic carboxylic acids is 1. The van der Waals surface area contributed by atoms with Gasteiger partial charge in [-0.05, 0) is 88.3 Å². The lowest BCUT2D eigenvalue weighted by Gasteiger charge is -2.32. The van der Waals surface area contributed by atoms with Crippen LogP contribution in [0.4, 0.5) is 0 Å². The zero-order valence-electron chi connectivity index (χ0n) is 40.4. The first-order chi connectivity index (χ1) is 32.6. The number of aliphatic hydroxyl groups is 8. The number of hydrogen-bond donors (Lipinski definition) is 11. The van der Waals surface area contributed by atoms with Crippen LogP contribution in [-0.2, 0) is 13.1 Å².